The fourth-order valence-corrected chi connectivity index (χ4v) is 3.09. The summed E-state index contributed by atoms with van der Waals surface area (Å²) in [5.41, 5.74) is 4.60. The Morgan fingerprint density at radius 2 is 1.84 bits per heavy atom. The van der Waals surface area contributed by atoms with Crippen molar-refractivity contribution in [1.82, 2.24) is 5.32 Å². The Kier molecular flexibility index (Phi) is 6.65. The highest BCUT2D eigenvalue weighted by atomic mass is 32.1. The largest absolute Gasteiger partial charge is 0.497 e. The molecule has 0 aromatic heterocycles. The lowest BCUT2D eigenvalue weighted by molar-refractivity contribution is 0.395. The molecular formula is C20H26N2O2S. The minimum atomic E-state index is 0.157. The van der Waals surface area contributed by atoms with Gasteiger partial charge in [-0.25, -0.2) is 0 Å². The Morgan fingerprint density at radius 1 is 1.08 bits per heavy atom. The van der Waals surface area contributed by atoms with Crippen LogP contribution < -0.4 is 20.1 Å². The van der Waals surface area contributed by atoms with Crippen LogP contribution in [0.15, 0.2) is 36.4 Å². The van der Waals surface area contributed by atoms with Crippen LogP contribution in [-0.2, 0) is 0 Å². The normalized spacial score (nSPS) is 11.6. The number of rotatable bonds is 6. The molecule has 4 nitrogen and oxygen atoms in total. The smallest absolute Gasteiger partial charge is 0.171 e. The summed E-state index contributed by atoms with van der Waals surface area (Å²) in [7, 11) is 3.25. The van der Waals surface area contributed by atoms with E-state index in [0.29, 0.717) is 10.9 Å². The number of hydrogen-bond donors (Lipinski definition) is 2. The van der Waals surface area contributed by atoms with Gasteiger partial charge in [0.1, 0.15) is 11.5 Å². The van der Waals surface area contributed by atoms with E-state index in [2.05, 4.69) is 49.6 Å². The number of thiocarbonyl (C=S) groups is 1. The molecule has 1 atom stereocenters. The lowest BCUT2D eigenvalue weighted by Crippen LogP contribution is -2.32. The molecule has 0 saturated carbocycles. The summed E-state index contributed by atoms with van der Waals surface area (Å²) in [6.07, 6.45) is 0.936. The van der Waals surface area contributed by atoms with E-state index >= 15 is 0 Å². The highest BCUT2D eigenvalue weighted by Crippen LogP contribution is 2.29. The van der Waals surface area contributed by atoms with Gasteiger partial charge in [0.05, 0.1) is 25.9 Å². The van der Waals surface area contributed by atoms with Crippen LogP contribution in [0, 0.1) is 13.8 Å². The lowest BCUT2D eigenvalue weighted by Gasteiger charge is -2.22. The van der Waals surface area contributed by atoms with E-state index in [4.69, 9.17) is 21.7 Å². The first-order valence-corrected chi connectivity index (χ1v) is 8.76. The van der Waals surface area contributed by atoms with Gasteiger partial charge < -0.3 is 20.1 Å². The fraction of sp³-hybridized carbons (Fsp3) is 0.350. The summed E-state index contributed by atoms with van der Waals surface area (Å²) in [4.78, 5) is 0. The molecule has 0 spiro atoms. The van der Waals surface area contributed by atoms with Crippen LogP contribution in [0.1, 0.15) is 36.1 Å². The molecule has 0 amide bonds. The zero-order chi connectivity index (χ0) is 18.4. The molecule has 0 aliphatic heterocycles. The summed E-state index contributed by atoms with van der Waals surface area (Å²) in [5.74, 6) is 1.42. The minimum Gasteiger partial charge on any atom is -0.497 e. The third-order valence-electron chi connectivity index (χ3n) is 4.17. The topological polar surface area (TPSA) is 42.5 Å². The molecule has 0 bridgehead atoms. The monoisotopic (exact) mass is 358 g/mol. The minimum absolute atomic E-state index is 0.157. The van der Waals surface area contributed by atoms with E-state index in [1.807, 2.05) is 18.2 Å². The fourth-order valence-electron chi connectivity index (χ4n) is 2.83. The van der Waals surface area contributed by atoms with Crippen molar-refractivity contribution in [2.75, 3.05) is 19.5 Å². The Bertz CT molecular complexity index is 746. The average Bonchev–Trinajstić information content (AvgIpc) is 2.60. The van der Waals surface area contributed by atoms with Crippen LogP contribution in [0.3, 0.4) is 0 Å². The zero-order valence-electron chi connectivity index (χ0n) is 15.5. The van der Waals surface area contributed by atoms with Crippen molar-refractivity contribution in [3.05, 3.63) is 53.1 Å². The Hall–Kier alpha value is -2.27. The molecule has 2 rings (SSSR count). The van der Waals surface area contributed by atoms with Gasteiger partial charge in [-0.1, -0.05) is 30.7 Å². The second-order valence-corrected chi connectivity index (χ2v) is 6.39. The number of nitrogens with one attached hydrogen (secondary N) is 2. The van der Waals surface area contributed by atoms with Gasteiger partial charge in [-0.05, 0) is 55.7 Å². The molecule has 0 aliphatic carbocycles. The molecular weight excluding hydrogens is 332 g/mol. The summed E-state index contributed by atoms with van der Waals surface area (Å²) >= 11 is 5.51. The summed E-state index contributed by atoms with van der Waals surface area (Å²) in [6, 6.07) is 12.2. The molecule has 0 heterocycles. The second-order valence-electron chi connectivity index (χ2n) is 5.99. The van der Waals surface area contributed by atoms with Crippen molar-refractivity contribution in [2.45, 2.75) is 33.2 Å². The first-order valence-electron chi connectivity index (χ1n) is 8.35. The van der Waals surface area contributed by atoms with Crippen LogP contribution in [-0.4, -0.2) is 19.3 Å². The van der Waals surface area contributed by atoms with Crippen molar-refractivity contribution in [2.24, 2.45) is 0 Å². The van der Waals surface area contributed by atoms with Crippen LogP contribution in [0.2, 0.25) is 0 Å². The number of aryl methyl sites for hydroxylation is 2. The number of anilines is 1. The SMILES string of the molecule is CC[C@@H](NC(=S)Nc1ccc(OC)cc1OC)c1ccc(C)cc1C. The molecule has 0 radical (unpaired) electrons. The quantitative estimate of drug-likeness (QED) is 0.729. The van der Waals surface area contributed by atoms with Gasteiger partial charge in [0.2, 0.25) is 0 Å². The van der Waals surface area contributed by atoms with Gasteiger partial charge in [-0.2, -0.15) is 0 Å². The van der Waals surface area contributed by atoms with Crippen molar-refractivity contribution in [3.63, 3.8) is 0 Å². The van der Waals surface area contributed by atoms with E-state index in [0.717, 1.165) is 17.9 Å². The molecule has 2 aromatic carbocycles. The number of methoxy groups -OCH3 is 2. The predicted octanol–water partition coefficient (Wildman–Crippen LogP) is 4.76. The van der Waals surface area contributed by atoms with E-state index in [1.165, 1.54) is 16.7 Å². The summed E-state index contributed by atoms with van der Waals surface area (Å²) in [6.45, 7) is 6.39. The van der Waals surface area contributed by atoms with Crippen molar-refractivity contribution < 1.29 is 9.47 Å². The van der Waals surface area contributed by atoms with Gasteiger partial charge in [0.25, 0.3) is 0 Å². The Balaban J connectivity index is 2.12. The van der Waals surface area contributed by atoms with E-state index < -0.39 is 0 Å². The zero-order valence-corrected chi connectivity index (χ0v) is 16.3. The molecule has 2 aromatic rings. The van der Waals surface area contributed by atoms with E-state index in [-0.39, 0.29) is 6.04 Å². The molecule has 25 heavy (non-hydrogen) atoms. The molecule has 0 unspecified atom stereocenters. The van der Waals surface area contributed by atoms with E-state index in [9.17, 15) is 0 Å². The summed E-state index contributed by atoms with van der Waals surface area (Å²) < 4.78 is 10.6. The first kappa shape index (κ1) is 19.1. The second kappa shape index (κ2) is 8.72. The molecule has 134 valence electrons. The maximum Gasteiger partial charge on any atom is 0.171 e. The summed E-state index contributed by atoms with van der Waals surface area (Å²) in [5, 5.41) is 7.19. The maximum absolute atomic E-state index is 5.51. The van der Waals surface area contributed by atoms with Crippen LogP contribution in [0.4, 0.5) is 5.69 Å². The Labute approximate surface area is 155 Å². The highest BCUT2D eigenvalue weighted by molar-refractivity contribution is 7.80. The molecule has 0 fully saturated rings. The van der Waals surface area contributed by atoms with Crippen LogP contribution >= 0.6 is 12.2 Å². The lowest BCUT2D eigenvalue weighted by atomic mass is 9.98. The molecule has 5 heteroatoms. The highest BCUT2D eigenvalue weighted by Gasteiger charge is 2.14. The number of hydrogen-bond acceptors (Lipinski definition) is 3. The average molecular weight is 359 g/mol. The standard InChI is InChI=1S/C20H26N2O2S/c1-6-17(16-9-7-13(2)11-14(16)3)21-20(25)22-18-10-8-15(23-4)12-19(18)24-5/h7-12,17H,6H2,1-5H3,(H2,21,22,25)/t17-/m1/s1. The van der Waals surface area contributed by atoms with Crippen LogP contribution in [0.5, 0.6) is 11.5 Å². The van der Waals surface area contributed by atoms with Gasteiger partial charge in [0, 0.05) is 6.07 Å². The van der Waals surface area contributed by atoms with Crippen molar-refractivity contribution in [3.8, 4) is 11.5 Å². The predicted molar refractivity (Wildman–Crippen MR) is 108 cm³/mol. The van der Waals surface area contributed by atoms with Gasteiger partial charge >= 0.3 is 0 Å². The van der Waals surface area contributed by atoms with Gasteiger partial charge in [0.15, 0.2) is 5.11 Å². The van der Waals surface area contributed by atoms with Crippen LogP contribution in [0.25, 0.3) is 0 Å². The van der Waals surface area contributed by atoms with E-state index in [1.54, 1.807) is 14.2 Å². The number of benzene rings is 2. The maximum atomic E-state index is 5.51. The first-order chi connectivity index (χ1) is 12.0. The van der Waals surface area contributed by atoms with Crippen molar-refractivity contribution in [1.29, 1.82) is 0 Å². The van der Waals surface area contributed by atoms with Gasteiger partial charge in [-0.15, -0.1) is 0 Å². The third kappa shape index (κ3) is 4.86. The molecule has 0 aliphatic rings. The van der Waals surface area contributed by atoms with Gasteiger partial charge in [-0.3, -0.25) is 0 Å². The Morgan fingerprint density at radius 3 is 2.44 bits per heavy atom. The number of ether oxygens (including phenoxy) is 2. The molecule has 2 N–H and O–H groups in total. The van der Waals surface area contributed by atoms with Crippen molar-refractivity contribution >= 4 is 23.0 Å². The third-order valence-corrected chi connectivity index (χ3v) is 4.39. The molecule has 0 saturated heterocycles.